The molecule has 0 radical (unpaired) electrons. The van der Waals surface area contributed by atoms with E-state index in [-0.39, 0.29) is 30.0 Å². The molecule has 0 aromatic carbocycles. The molecule has 0 spiro atoms. The normalized spacial score (nSPS) is 48.7. The van der Waals surface area contributed by atoms with E-state index in [9.17, 15) is 35.7 Å². The summed E-state index contributed by atoms with van der Waals surface area (Å²) >= 11 is 0. The summed E-state index contributed by atoms with van der Waals surface area (Å²) in [5.74, 6) is 0.498. The minimum absolute atomic E-state index is 0.0935. The van der Waals surface area contributed by atoms with Gasteiger partial charge in [0.1, 0.15) is 42.7 Å². The van der Waals surface area contributed by atoms with Gasteiger partial charge < -0.3 is 54.7 Å². The monoisotopic (exact) mass is 520 g/mol. The van der Waals surface area contributed by atoms with Crippen molar-refractivity contribution in [2.75, 3.05) is 6.61 Å². The molecular weight excluding hydrogens is 476 g/mol. The molecule has 0 aromatic heterocycles. The number of aliphatic hydroxyl groups is 7. The first-order valence-electron chi connectivity index (χ1n) is 12.8. The number of ether oxygens (including phenoxy) is 4. The van der Waals surface area contributed by atoms with Gasteiger partial charge in [0.2, 0.25) is 0 Å². The van der Waals surface area contributed by atoms with Crippen molar-refractivity contribution in [3.8, 4) is 0 Å². The molecule has 11 nitrogen and oxygen atoms in total. The van der Waals surface area contributed by atoms with Crippen LogP contribution in [0.1, 0.15) is 47.5 Å². The second-order valence-corrected chi connectivity index (χ2v) is 11.3. The van der Waals surface area contributed by atoms with E-state index < -0.39 is 67.5 Å². The van der Waals surface area contributed by atoms with Gasteiger partial charge in [0.15, 0.2) is 12.6 Å². The minimum atomic E-state index is -1.57. The van der Waals surface area contributed by atoms with Crippen LogP contribution in [0.5, 0.6) is 0 Å². The second kappa shape index (κ2) is 12.0. The third-order valence-electron chi connectivity index (χ3n) is 7.76. The van der Waals surface area contributed by atoms with Gasteiger partial charge in [-0.3, -0.25) is 0 Å². The van der Waals surface area contributed by atoms with Crippen LogP contribution in [-0.2, 0) is 18.9 Å². The van der Waals surface area contributed by atoms with Crippen LogP contribution in [0.4, 0.5) is 0 Å². The zero-order valence-corrected chi connectivity index (χ0v) is 21.6. The first kappa shape index (κ1) is 29.9. The SMILES string of the molecule is C[C@H](/C=C/[C@H]1[C@H](C)C[C@H](O)CC1(C)C)O[C@H]1O[C@H](CO[C@H]2O[C@@H](C)[C@H](O)[C@@H](O)[C@H]2O)[C@@H](O)[C@H](O)[C@H]1O. The summed E-state index contributed by atoms with van der Waals surface area (Å²) in [5.41, 5.74) is -0.0935. The molecule has 3 rings (SSSR count). The smallest absolute Gasteiger partial charge is 0.187 e. The van der Waals surface area contributed by atoms with Gasteiger partial charge in [0.05, 0.1) is 24.9 Å². The highest BCUT2D eigenvalue weighted by Crippen LogP contribution is 2.44. The fourth-order valence-electron chi connectivity index (χ4n) is 5.66. The van der Waals surface area contributed by atoms with Crippen molar-refractivity contribution in [1.82, 2.24) is 0 Å². The van der Waals surface area contributed by atoms with Crippen LogP contribution in [0.15, 0.2) is 12.2 Å². The van der Waals surface area contributed by atoms with E-state index in [4.69, 9.17) is 18.9 Å². The van der Waals surface area contributed by atoms with Crippen LogP contribution in [0.2, 0.25) is 0 Å². The summed E-state index contributed by atoms with van der Waals surface area (Å²) < 4.78 is 22.4. The van der Waals surface area contributed by atoms with Gasteiger partial charge in [-0.2, -0.15) is 0 Å². The van der Waals surface area contributed by atoms with E-state index in [1.807, 2.05) is 6.08 Å². The van der Waals surface area contributed by atoms with Gasteiger partial charge >= 0.3 is 0 Å². The van der Waals surface area contributed by atoms with Crippen molar-refractivity contribution < 1.29 is 54.7 Å². The average molecular weight is 521 g/mol. The van der Waals surface area contributed by atoms with Crippen LogP contribution in [0, 0.1) is 17.3 Å². The summed E-state index contributed by atoms with van der Waals surface area (Å²) in [6.45, 7) is 9.28. The molecular formula is C25H44O11. The molecule has 14 atom stereocenters. The molecule has 0 unspecified atom stereocenters. The Morgan fingerprint density at radius 1 is 0.861 bits per heavy atom. The summed E-state index contributed by atoms with van der Waals surface area (Å²) in [6.07, 6.45) is -8.84. The van der Waals surface area contributed by atoms with Gasteiger partial charge in [-0.15, -0.1) is 0 Å². The highest BCUT2D eigenvalue weighted by Gasteiger charge is 2.47. The van der Waals surface area contributed by atoms with Crippen molar-refractivity contribution in [3.63, 3.8) is 0 Å². The van der Waals surface area contributed by atoms with Gasteiger partial charge in [0, 0.05) is 0 Å². The van der Waals surface area contributed by atoms with Crippen LogP contribution >= 0.6 is 0 Å². The molecule has 0 bridgehead atoms. The van der Waals surface area contributed by atoms with Crippen molar-refractivity contribution in [3.05, 3.63) is 12.2 Å². The Hall–Kier alpha value is -0.700. The highest BCUT2D eigenvalue weighted by molar-refractivity contribution is 5.03. The predicted octanol–water partition coefficient (Wildman–Crippen LogP) is -0.967. The topological polar surface area (TPSA) is 179 Å². The van der Waals surface area contributed by atoms with E-state index in [0.717, 1.165) is 6.42 Å². The number of hydrogen-bond donors (Lipinski definition) is 7. The molecule has 2 aliphatic heterocycles. The molecule has 2 saturated heterocycles. The number of hydrogen-bond acceptors (Lipinski definition) is 11. The predicted molar refractivity (Wildman–Crippen MR) is 126 cm³/mol. The van der Waals surface area contributed by atoms with Crippen molar-refractivity contribution in [1.29, 1.82) is 0 Å². The van der Waals surface area contributed by atoms with Gasteiger partial charge in [0.25, 0.3) is 0 Å². The highest BCUT2D eigenvalue weighted by atomic mass is 16.7. The zero-order valence-electron chi connectivity index (χ0n) is 21.6. The van der Waals surface area contributed by atoms with Crippen LogP contribution < -0.4 is 0 Å². The molecule has 0 aromatic rings. The molecule has 0 amide bonds. The van der Waals surface area contributed by atoms with Crippen molar-refractivity contribution >= 4 is 0 Å². The largest absolute Gasteiger partial charge is 0.393 e. The third kappa shape index (κ3) is 6.65. The maximum absolute atomic E-state index is 10.4. The molecule has 210 valence electrons. The lowest BCUT2D eigenvalue weighted by atomic mass is 9.63. The van der Waals surface area contributed by atoms with Crippen LogP contribution in [0.3, 0.4) is 0 Å². The number of rotatable bonds is 7. The Bertz CT molecular complexity index is 733. The Labute approximate surface area is 212 Å². The molecule has 36 heavy (non-hydrogen) atoms. The van der Waals surface area contributed by atoms with Gasteiger partial charge in [-0.25, -0.2) is 0 Å². The number of allylic oxidation sites excluding steroid dienone is 1. The third-order valence-corrected chi connectivity index (χ3v) is 7.76. The quantitative estimate of drug-likeness (QED) is 0.205. The molecule has 3 aliphatic rings. The van der Waals surface area contributed by atoms with Gasteiger partial charge in [-0.05, 0) is 43.9 Å². The average Bonchev–Trinajstić information content (AvgIpc) is 2.78. The van der Waals surface area contributed by atoms with Crippen LogP contribution in [0.25, 0.3) is 0 Å². The Morgan fingerprint density at radius 2 is 1.47 bits per heavy atom. The lowest BCUT2D eigenvalue weighted by molar-refractivity contribution is -0.330. The van der Waals surface area contributed by atoms with Crippen LogP contribution in [-0.4, -0.2) is 116 Å². The molecule has 3 fully saturated rings. The summed E-state index contributed by atoms with van der Waals surface area (Å²) in [5, 5.41) is 71.2. The molecule has 2 heterocycles. The number of aliphatic hydroxyl groups excluding tert-OH is 7. The first-order valence-corrected chi connectivity index (χ1v) is 12.8. The lowest BCUT2D eigenvalue weighted by Gasteiger charge is -2.44. The maximum Gasteiger partial charge on any atom is 0.187 e. The van der Waals surface area contributed by atoms with E-state index in [1.165, 1.54) is 6.92 Å². The zero-order chi connectivity index (χ0) is 26.9. The maximum atomic E-state index is 10.4. The fraction of sp³-hybridized carbons (Fsp3) is 0.920. The Kier molecular flexibility index (Phi) is 9.95. The first-order chi connectivity index (χ1) is 16.7. The molecule has 1 aliphatic carbocycles. The van der Waals surface area contributed by atoms with Crippen molar-refractivity contribution in [2.45, 2.75) is 121 Å². The lowest BCUT2D eigenvalue weighted by Crippen LogP contribution is -2.61. The second-order valence-electron chi connectivity index (χ2n) is 11.3. The van der Waals surface area contributed by atoms with E-state index >= 15 is 0 Å². The van der Waals surface area contributed by atoms with E-state index in [1.54, 1.807) is 6.92 Å². The standard InChI is InChI=1S/C25H44O11/c1-11-8-14(26)9-25(4,5)15(11)7-6-12(2)34-24-22(32)20(30)18(28)16(36-24)10-33-23-21(31)19(29)17(27)13(3)35-23/h6-7,11-24,26-32H,8-10H2,1-5H3/b7-6+/t11-,12-,13+,14+,15+,16-,17+,18-,19-,20+,21-,22-,23+,24+/m1/s1. The molecule has 11 heteroatoms. The summed E-state index contributed by atoms with van der Waals surface area (Å²) in [4.78, 5) is 0. The van der Waals surface area contributed by atoms with Gasteiger partial charge in [-0.1, -0.05) is 32.9 Å². The fourth-order valence-corrected chi connectivity index (χ4v) is 5.66. The minimum Gasteiger partial charge on any atom is -0.393 e. The Morgan fingerprint density at radius 3 is 2.11 bits per heavy atom. The summed E-state index contributed by atoms with van der Waals surface area (Å²) in [7, 11) is 0. The van der Waals surface area contributed by atoms with Crippen molar-refractivity contribution in [2.24, 2.45) is 17.3 Å². The Balaban J connectivity index is 1.59. The summed E-state index contributed by atoms with van der Waals surface area (Å²) in [6, 6.07) is 0. The molecule has 1 saturated carbocycles. The van der Waals surface area contributed by atoms with E-state index in [2.05, 4.69) is 26.8 Å². The molecule has 7 N–H and O–H groups in total. The van der Waals surface area contributed by atoms with E-state index in [0.29, 0.717) is 6.42 Å².